The summed E-state index contributed by atoms with van der Waals surface area (Å²) in [7, 11) is 0. The summed E-state index contributed by atoms with van der Waals surface area (Å²) in [5.41, 5.74) is 2.94. The number of aryl methyl sites for hydroxylation is 1. The summed E-state index contributed by atoms with van der Waals surface area (Å²) in [5, 5.41) is 3.53. The third-order valence-electron chi connectivity index (χ3n) is 3.24. The van der Waals surface area contributed by atoms with Gasteiger partial charge in [0.25, 0.3) is 0 Å². The second kappa shape index (κ2) is 4.56. The minimum absolute atomic E-state index is 0.205. The molecule has 1 saturated heterocycles. The van der Waals surface area contributed by atoms with Crippen LogP contribution in [0.3, 0.4) is 0 Å². The van der Waals surface area contributed by atoms with Crippen LogP contribution in [0, 0.1) is 6.92 Å². The van der Waals surface area contributed by atoms with Gasteiger partial charge in [0.2, 0.25) is 0 Å². The van der Waals surface area contributed by atoms with E-state index < -0.39 is 0 Å². The zero-order valence-corrected chi connectivity index (χ0v) is 10.4. The lowest BCUT2D eigenvalue weighted by atomic mass is 9.78. The van der Waals surface area contributed by atoms with E-state index in [4.69, 9.17) is 4.74 Å². The van der Waals surface area contributed by atoms with Crippen molar-refractivity contribution in [1.82, 2.24) is 5.32 Å². The normalized spacial score (nSPS) is 18.5. The Morgan fingerprint density at radius 1 is 1.38 bits per heavy atom. The topological polar surface area (TPSA) is 21.3 Å². The highest BCUT2D eigenvalue weighted by atomic mass is 16.5. The zero-order chi connectivity index (χ0) is 11.6. The second-order valence-corrected chi connectivity index (χ2v) is 5.18. The van der Waals surface area contributed by atoms with Crippen molar-refractivity contribution in [2.24, 2.45) is 0 Å². The average Bonchev–Trinajstić information content (AvgIpc) is 2.15. The van der Waals surface area contributed by atoms with Gasteiger partial charge in [0, 0.05) is 12.6 Å². The summed E-state index contributed by atoms with van der Waals surface area (Å²) in [6.07, 6.45) is 0. The molecule has 0 aromatic heterocycles. The summed E-state index contributed by atoms with van der Waals surface area (Å²) in [5.74, 6) is 0. The number of hydrogen-bond donors (Lipinski definition) is 1. The van der Waals surface area contributed by atoms with E-state index in [1.807, 2.05) is 0 Å². The Labute approximate surface area is 98.0 Å². The maximum Gasteiger partial charge on any atom is 0.0598 e. The van der Waals surface area contributed by atoms with Crippen LogP contribution in [0.25, 0.3) is 0 Å². The number of hydrogen-bond acceptors (Lipinski definition) is 2. The van der Waals surface area contributed by atoms with Crippen molar-refractivity contribution in [2.45, 2.75) is 32.2 Å². The van der Waals surface area contributed by atoms with Gasteiger partial charge in [0.1, 0.15) is 0 Å². The zero-order valence-electron chi connectivity index (χ0n) is 10.4. The maximum absolute atomic E-state index is 5.42. The molecule has 0 radical (unpaired) electrons. The van der Waals surface area contributed by atoms with Gasteiger partial charge in [-0.1, -0.05) is 43.7 Å². The highest BCUT2D eigenvalue weighted by molar-refractivity contribution is 5.32. The van der Waals surface area contributed by atoms with Gasteiger partial charge in [-0.25, -0.2) is 0 Å². The Balaban J connectivity index is 2.14. The summed E-state index contributed by atoms with van der Waals surface area (Å²) in [6.45, 7) is 9.21. The summed E-state index contributed by atoms with van der Waals surface area (Å²) in [4.78, 5) is 0. The third kappa shape index (κ3) is 2.28. The highest BCUT2D eigenvalue weighted by Crippen LogP contribution is 2.32. The van der Waals surface area contributed by atoms with Crippen LogP contribution in [0.2, 0.25) is 0 Å². The molecule has 0 bridgehead atoms. The van der Waals surface area contributed by atoms with Crippen LogP contribution < -0.4 is 5.32 Å². The van der Waals surface area contributed by atoms with Gasteiger partial charge in [0.05, 0.1) is 18.6 Å². The lowest BCUT2D eigenvalue weighted by Crippen LogP contribution is -2.54. The summed E-state index contributed by atoms with van der Waals surface area (Å²) < 4.78 is 5.42. The van der Waals surface area contributed by atoms with E-state index in [2.05, 4.69) is 50.4 Å². The van der Waals surface area contributed by atoms with Crippen LogP contribution in [-0.4, -0.2) is 25.8 Å². The van der Waals surface area contributed by atoms with Crippen molar-refractivity contribution in [2.75, 3.05) is 19.8 Å². The molecule has 1 aromatic carbocycles. The highest BCUT2D eigenvalue weighted by Gasteiger charge is 2.40. The molecule has 0 spiro atoms. The Kier molecular flexibility index (Phi) is 3.31. The van der Waals surface area contributed by atoms with E-state index in [-0.39, 0.29) is 5.41 Å². The Morgan fingerprint density at radius 3 is 2.62 bits per heavy atom. The molecule has 1 N–H and O–H groups in total. The van der Waals surface area contributed by atoms with Crippen LogP contribution in [0.15, 0.2) is 24.3 Å². The van der Waals surface area contributed by atoms with Gasteiger partial charge < -0.3 is 10.1 Å². The molecule has 0 atom stereocenters. The first kappa shape index (κ1) is 11.6. The predicted octanol–water partition coefficient (Wildman–Crippen LogP) is 2.26. The van der Waals surface area contributed by atoms with Gasteiger partial charge in [-0.3, -0.25) is 0 Å². The van der Waals surface area contributed by atoms with Gasteiger partial charge in [-0.05, 0) is 12.5 Å². The van der Waals surface area contributed by atoms with Crippen molar-refractivity contribution < 1.29 is 4.74 Å². The van der Waals surface area contributed by atoms with E-state index in [0.29, 0.717) is 6.04 Å². The standard InChI is InChI=1S/C14H21NO/c1-11(2)15-8-14(9-16-10-14)13-6-4-5-12(3)7-13/h4-7,11,15H,8-10H2,1-3H3. The number of rotatable bonds is 4. The molecule has 2 heteroatoms. The SMILES string of the molecule is Cc1cccc(C2(CNC(C)C)COC2)c1. The Morgan fingerprint density at radius 2 is 2.12 bits per heavy atom. The second-order valence-electron chi connectivity index (χ2n) is 5.18. The molecule has 0 saturated carbocycles. The lowest BCUT2D eigenvalue weighted by Gasteiger charge is -2.42. The molecular weight excluding hydrogens is 198 g/mol. The van der Waals surface area contributed by atoms with Crippen molar-refractivity contribution in [3.05, 3.63) is 35.4 Å². The third-order valence-corrected chi connectivity index (χ3v) is 3.24. The number of nitrogens with one attached hydrogen (secondary N) is 1. The first-order valence-electron chi connectivity index (χ1n) is 6.01. The first-order chi connectivity index (χ1) is 7.62. The van der Waals surface area contributed by atoms with Gasteiger partial charge >= 0.3 is 0 Å². The van der Waals surface area contributed by atoms with E-state index in [1.165, 1.54) is 11.1 Å². The predicted molar refractivity (Wildman–Crippen MR) is 66.8 cm³/mol. The van der Waals surface area contributed by atoms with Crippen LogP contribution in [0.5, 0.6) is 0 Å². The van der Waals surface area contributed by atoms with E-state index in [1.54, 1.807) is 0 Å². The largest absolute Gasteiger partial charge is 0.379 e. The van der Waals surface area contributed by atoms with E-state index >= 15 is 0 Å². The van der Waals surface area contributed by atoms with Gasteiger partial charge in [0.15, 0.2) is 0 Å². The molecule has 0 aliphatic carbocycles. The number of benzene rings is 1. The van der Waals surface area contributed by atoms with Gasteiger partial charge in [-0.2, -0.15) is 0 Å². The fourth-order valence-electron chi connectivity index (χ4n) is 2.09. The molecule has 1 aliphatic heterocycles. The minimum atomic E-state index is 0.205. The Hall–Kier alpha value is -0.860. The van der Waals surface area contributed by atoms with Crippen molar-refractivity contribution >= 4 is 0 Å². The molecule has 1 aliphatic rings. The lowest BCUT2D eigenvalue weighted by molar-refractivity contribution is -0.0597. The van der Waals surface area contributed by atoms with Crippen LogP contribution >= 0.6 is 0 Å². The maximum atomic E-state index is 5.42. The molecule has 88 valence electrons. The molecule has 16 heavy (non-hydrogen) atoms. The van der Waals surface area contributed by atoms with Crippen LogP contribution in [0.1, 0.15) is 25.0 Å². The quantitative estimate of drug-likeness (QED) is 0.838. The first-order valence-corrected chi connectivity index (χ1v) is 6.01. The minimum Gasteiger partial charge on any atom is -0.379 e. The van der Waals surface area contributed by atoms with Crippen LogP contribution in [-0.2, 0) is 10.2 Å². The van der Waals surface area contributed by atoms with E-state index in [9.17, 15) is 0 Å². The van der Waals surface area contributed by atoms with Gasteiger partial charge in [-0.15, -0.1) is 0 Å². The monoisotopic (exact) mass is 219 g/mol. The van der Waals surface area contributed by atoms with Crippen molar-refractivity contribution in [1.29, 1.82) is 0 Å². The van der Waals surface area contributed by atoms with Crippen LogP contribution in [0.4, 0.5) is 0 Å². The fourth-order valence-corrected chi connectivity index (χ4v) is 2.09. The molecular formula is C14H21NO. The average molecular weight is 219 g/mol. The summed E-state index contributed by atoms with van der Waals surface area (Å²) in [6, 6.07) is 9.32. The Bertz CT molecular complexity index is 356. The molecule has 1 aromatic rings. The molecule has 2 rings (SSSR count). The van der Waals surface area contributed by atoms with Crippen molar-refractivity contribution in [3.8, 4) is 0 Å². The molecule has 1 fully saturated rings. The summed E-state index contributed by atoms with van der Waals surface area (Å²) >= 11 is 0. The molecule has 2 nitrogen and oxygen atoms in total. The van der Waals surface area contributed by atoms with E-state index in [0.717, 1.165) is 19.8 Å². The molecule has 0 amide bonds. The molecule has 0 unspecified atom stereocenters. The number of ether oxygens (including phenoxy) is 1. The molecule has 1 heterocycles. The van der Waals surface area contributed by atoms with Crippen molar-refractivity contribution in [3.63, 3.8) is 0 Å². The fraction of sp³-hybridized carbons (Fsp3) is 0.571. The smallest absolute Gasteiger partial charge is 0.0598 e.